The third-order valence-corrected chi connectivity index (χ3v) is 2.71. The number of hydrogen-bond acceptors (Lipinski definition) is 3. The quantitative estimate of drug-likeness (QED) is 0.708. The highest BCUT2D eigenvalue weighted by Gasteiger charge is 2.35. The van der Waals surface area contributed by atoms with Crippen LogP contribution < -0.4 is 0 Å². The van der Waals surface area contributed by atoms with Crippen molar-refractivity contribution >= 4 is 5.97 Å². The molecule has 0 amide bonds. The summed E-state index contributed by atoms with van der Waals surface area (Å²) < 4.78 is 44.2. The molecule has 2 heterocycles. The zero-order chi connectivity index (χ0) is 15.1. The van der Waals surface area contributed by atoms with Crippen LogP contribution in [-0.4, -0.2) is 22.1 Å². The molecule has 4 heteroatoms. The summed E-state index contributed by atoms with van der Waals surface area (Å²) in [6.07, 6.45) is 0.956. The van der Waals surface area contributed by atoms with Crippen LogP contribution in [0.25, 0.3) is 0 Å². The van der Waals surface area contributed by atoms with Crippen LogP contribution in [0, 0.1) is 11.8 Å². The number of aromatic nitrogens is 2. The minimum atomic E-state index is -2.87. The van der Waals surface area contributed by atoms with Crippen LogP contribution in [0.4, 0.5) is 0 Å². The monoisotopic (exact) mass is 213 g/mol. The summed E-state index contributed by atoms with van der Waals surface area (Å²) in [4.78, 5) is 15.7. The van der Waals surface area contributed by atoms with Gasteiger partial charge in [-0.1, -0.05) is 6.85 Å². The Morgan fingerprint density at radius 2 is 2.73 bits per heavy atom. The van der Waals surface area contributed by atoms with E-state index >= 15 is 0 Å². The van der Waals surface area contributed by atoms with Crippen LogP contribution in [0.2, 0.25) is 0 Å². The Kier molecular flexibility index (Phi) is 1.53. The Hall–Kier alpha value is -1.32. The van der Waals surface area contributed by atoms with E-state index in [9.17, 15) is 4.79 Å². The highest BCUT2D eigenvalue weighted by Crippen LogP contribution is 2.27. The first-order chi connectivity index (χ1) is 9.14. The Morgan fingerprint density at radius 1 is 1.87 bits per heavy atom. The molecule has 0 N–H and O–H groups in total. The number of hydrogen-bond donors (Lipinski definition) is 0. The summed E-state index contributed by atoms with van der Waals surface area (Å²) in [5.41, 5.74) is 0.805. The maximum Gasteiger partial charge on any atom is 0.309 e. The molecule has 1 saturated heterocycles. The zero-order valence-electron chi connectivity index (χ0n) is 13.4. The van der Waals surface area contributed by atoms with Gasteiger partial charge in [-0.3, -0.25) is 4.79 Å². The van der Waals surface area contributed by atoms with Crippen molar-refractivity contribution in [1.82, 2.24) is 9.55 Å². The molecule has 0 unspecified atom stereocenters. The second-order valence-electron chi connectivity index (χ2n) is 3.71. The van der Waals surface area contributed by atoms with Crippen molar-refractivity contribution in [3.63, 3.8) is 0 Å². The van der Waals surface area contributed by atoms with E-state index in [0.29, 0.717) is 6.42 Å². The fourth-order valence-electron chi connectivity index (χ4n) is 1.77. The van der Waals surface area contributed by atoms with E-state index in [4.69, 9.17) is 11.6 Å². The van der Waals surface area contributed by atoms with Crippen LogP contribution in [0.1, 0.15) is 25.8 Å². The lowest BCUT2D eigenvalue weighted by molar-refractivity contribution is -0.141. The SMILES string of the molecule is [2H]C([2H])([2H])C([2H])([2H])[C@@H]1C(=O)OC[C@@H]1Cc1cncn1C. The standard InChI is InChI=1S/C11H16N2O2/c1-3-10-8(6-15-11(10)14)4-9-5-12-7-13(9)2/h5,7-8,10H,3-4,6H2,1-2H3/t8-,10-/m0/s1/i1D3,3D2. The van der Waals surface area contributed by atoms with E-state index in [1.54, 1.807) is 24.1 Å². The van der Waals surface area contributed by atoms with Gasteiger partial charge in [0.25, 0.3) is 0 Å². The average molecular weight is 213 g/mol. The minimum absolute atomic E-state index is 0.0320. The first-order valence-electron chi connectivity index (χ1n) is 7.26. The molecule has 82 valence electrons. The summed E-state index contributed by atoms with van der Waals surface area (Å²) in [7, 11) is 1.79. The predicted molar refractivity (Wildman–Crippen MR) is 55.1 cm³/mol. The summed E-state index contributed by atoms with van der Waals surface area (Å²) in [6.45, 7) is -2.84. The molecule has 0 aliphatic carbocycles. The molecule has 1 aromatic rings. The van der Waals surface area contributed by atoms with Gasteiger partial charge in [-0.15, -0.1) is 0 Å². The van der Waals surface area contributed by atoms with Crippen molar-refractivity contribution in [1.29, 1.82) is 0 Å². The van der Waals surface area contributed by atoms with Gasteiger partial charge in [0, 0.05) is 31.7 Å². The van der Waals surface area contributed by atoms with Crippen molar-refractivity contribution in [2.45, 2.75) is 19.6 Å². The van der Waals surface area contributed by atoms with E-state index in [2.05, 4.69) is 4.98 Å². The molecule has 0 aromatic carbocycles. The molecule has 1 aromatic heterocycles. The lowest BCUT2D eigenvalue weighted by Gasteiger charge is -2.12. The molecule has 4 nitrogen and oxygen atoms in total. The summed E-state index contributed by atoms with van der Waals surface area (Å²) in [5.74, 6) is -2.57. The van der Waals surface area contributed by atoms with Gasteiger partial charge in [-0.25, -0.2) is 4.98 Å². The molecule has 15 heavy (non-hydrogen) atoms. The van der Waals surface area contributed by atoms with Gasteiger partial charge in [-0.2, -0.15) is 0 Å². The summed E-state index contributed by atoms with van der Waals surface area (Å²) >= 11 is 0. The van der Waals surface area contributed by atoms with Gasteiger partial charge in [-0.05, 0) is 12.8 Å². The van der Waals surface area contributed by atoms with Gasteiger partial charge in [0.1, 0.15) is 0 Å². The van der Waals surface area contributed by atoms with Crippen LogP contribution in [-0.2, 0) is 23.0 Å². The van der Waals surface area contributed by atoms with Gasteiger partial charge in [0.05, 0.1) is 18.9 Å². The van der Waals surface area contributed by atoms with Gasteiger partial charge >= 0.3 is 5.97 Å². The molecule has 0 spiro atoms. The second kappa shape index (κ2) is 4.04. The van der Waals surface area contributed by atoms with Crippen LogP contribution in [0.5, 0.6) is 0 Å². The first kappa shape index (κ1) is 5.68. The number of nitrogens with zero attached hydrogens (tertiary/aromatic N) is 2. The Labute approximate surface area is 96.3 Å². The number of aryl methyl sites for hydroxylation is 1. The van der Waals surface area contributed by atoms with Crippen LogP contribution in [0.15, 0.2) is 12.5 Å². The number of cyclic esters (lactones) is 1. The van der Waals surface area contributed by atoms with Crippen molar-refractivity contribution in [2.75, 3.05) is 6.61 Å². The summed E-state index contributed by atoms with van der Waals surface area (Å²) in [5, 5.41) is 0. The third kappa shape index (κ3) is 1.89. The average Bonchev–Trinajstić information content (AvgIpc) is 2.86. The molecule has 1 fully saturated rings. The molecule has 1 aliphatic rings. The van der Waals surface area contributed by atoms with Crippen LogP contribution in [0.3, 0.4) is 0 Å². The molecular weight excluding hydrogens is 192 g/mol. The predicted octanol–water partition coefficient (Wildman–Crippen LogP) is 1.16. The third-order valence-electron chi connectivity index (χ3n) is 2.71. The number of ether oxygens (including phenoxy) is 1. The fraction of sp³-hybridized carbons (Fsp3) is 0.636. The van der Waals surface area contributed by atoms with Crippen molar-refractivity contribution in [2.24, 2.45) is 18.9 Å². The number of esters is 1. The smallest absolute Gasteiger partial charge is 0.309 e. The zero-order valence-corrected chi connectivity index (χ0v) is 8.43. The molecule has 0 bridgehead atoms. The normalized spacial score (nSPS) is 32.3. The van der Waals surface area contributed by atoms with E-state index in [1.807, 2.05) is 0 Å². The van der Waals surface area contributed by atoms with E-state index < -0.39 is 31.0 Å². The molecule has 2 rings (SSSR count). The topological polar surface area (TPSA) is 44.1 Å². The largest absolute Gasteiger partial charge is 0.465 e. The minimum Gasteiger partial charge on any atom is -0.465 e. The van der Waals surface area contributed by atoms with Crippen LogP contribution >= 0.6 is 0 Å². The van der Waals surface area contributed by atoms with Gasteiger partial charge < -0.3 is 9.30 Å². The maximum atomic E-state index is 11.8. The number of carbonyl (C=O) groups excluding carboxylic acids is 1. The Morgan fingerprint density at radius 3 is 3.40 bits per heavy atom. The molecule has 0 radical (unpaired) electrons. The Balaban J connectivity index is 2.26. The molecular formula is C11H16N2O2. The van der Waals surface area contributed by atoms with Crippen molar-refractivity contribution in [3.05, 3.63) is 18.2 Å². The van der Waals surface area contributed by atoms with E-state index in [0.717, 1.165) is 5.69 Å². The first-order valence-corrected chi connectivity index (χ1v) is 4.76. The highest BCUT2D eigenvalue weighted by molar-refractivity contribution is 5.74. The summed E-state index contributed by atoms with van der Waals surface area (Å²) in [6, 6.07) is 0. The van der Waals surface area contributed by atoms with Crippen molar-refractivity contribution < 1.29 is 16.4 Å². The second-order valence-corrected chi connectivity index (χ2v) is 3.71. The Bertz CT molecular complexity index is 511. The van der Waals surface area contributed by atoms with Gasteiger partial charge in [0.2, 0.25) is 0 Å². The lowest BCUT2D eigenvalue weighted by Crippen LogP contribution is -2.18. The van der Waals surface area contributed by atoms with Crippen molar-refractivity contribution in [3.8, 4) is 0 Å². The molecule has 0 saturated carbocycles. The maximum absolute atomic E-state index is 11.8. The van der Waals surface area contributed by atoms with E-state index in [-0.39, 0.29) is 6.61 Å². The number of rotatable bonds is 3. The highest BCUT2D eigenvalue weighted by atomic mass is 16.5. The molecule has 1 aliphatic heterocycles. The fourth-order valence-corrected chi connectivity index (χ4v) is 1.77. The number of imidazole rings is 1. The lowest BCUT2D eigenvalue weighted by atomic mass is 9.89. The molecule has 2 atom stereocenters. The van der Waals surface area contributed by atoms with Gasteiger partial charge in [0.15, 0.2) is 0 Å². The number of carbonyl (C=O) groups is 1. The van der Waals surface area contributed by atoms with E-state index in [1.165, 1.54) is 0 Å².